The van der Waals surface area contributed by atoms with Gasteiger partial charge in [0.15, 0.2) is 23.1 Å². The summed E-state index contributed by atoms with van der Waals surface area (Å²) in [6.07, 6.45) is 6.24. The maximum atomic E-state index is 15.3. The lowest BCUT2D eigenvalue weighted by atomic mass is 10.1. The monoisotopic (exact) mass is 658 g/mol. The standard InChI is InChI=1S/C35H36F2N6O5/c1-3-42-33(40-43(35(42)45)28-11-6-5-10-25(28)36)34(44)39-23-12-13-30(26(37)20-23)48-29-14-15-38-27-22-32(31(46-2)21-24(27)29)47-19-9-18-41-16-7-4-8-17-41/h5-6,10-15,20-22H,3-4,7-9,16-19H2,1-2H3,(H,39,44). The number of hydrogen-bond donors (Lipinski definition) is 1. The first kappa shape index (κ1) is 32.6. The Kier molecular flexibility index (Phi) is 9.95. The van der Waals surface area contributed by atoms with E-state index in [2.05, 4.69) is 20.3 Å². The zero-order valence-electron chi connectivity index (χ0n) is 26.7. The molecule has 1 fully saturated rings. The summed E-state index contributed by atoms with van der Waals surface area (Å²) in [7, 11) is 1.55. The van der Waals surface area contributed by atoms with Crippen LogP contribution in [-0.4, -0.2) is 63.5 Å². The minimum absolute atomic E-state index is 0.0909. The fourth-order valence-electron chi connectivity index (χ4n) is 5.74. The molecule has 0 unspecified atom stereocenters. The van der Waals surface area contributed by atoms with Gasteiger partial charge in [-0.2, -0.15) is 4.68 Å². The van der Waals surface area contributed by atoms with Crippen molar-refractivity contribution in [2.75, 3.05) is 38.7 Å². The van der Waals surface area contributed by atoms with Gasteiger partial charge in [-0.15, -0.1) is 5.10 Å². The van der Waals surface area contributed by atoms with Gasteiger partial charge >= 0.3 is 5.69 Å². The Morgan fingerprint density at radius 3 is 2.50 bits per heavy atom. The third-order valence-corrected chi connectivity index (χ3v) is 8.18. The number of piperidine rings is 1. The van der Waals surface area contributed by atoms with Crippen LogP contribution in [0.3, 0.4) is 0 Å². The summed E-state index contributed by atoms with van der Waals surface area (Å²) in [5, 5.41) is 7.21. The number of likely N-dealkylation sites (tertiary alicyclic amines) is 1. The third-order valence-electron chi connectivity index (χ3n) is 8.18. The molecule has 13 heteroatoms. The molecule has 1 aliphatic rings. The first-order chi connectivity index (χ1) is 23.4. The number of para-hydroxylation sites is 1. The van der Waals surface area contributed by atoms with Crippen LogP contribution in [0.4, 0.5) is 14.5 Å². The third kappa shape index (κ3) is 7.00. The fraction of sp³-hybridized carbons (Fsp3) is 0.314. The molecule has 0 radical (unpaired) electrons. The minimum atomic E-state index is -0.770. The normalized spacial score (nSPS) is 13.4. The van der Waals surface area contributed by atoms with Crippen LogP contribution in [0, 0.1) is 11.6 Å². The van der Waals surface area contributed by atoms with Gasteiger partial charge < -0.3 is 24.4 Å². The number of methoxy groups -OCH3 is 1. The van der Waals surface area contributed by atoms with E-state index in [0.29, 0.717) is 34.8 Å². The first-order valence-electron chi connectivity index (χ1n) is 15.9. The number of fused-ring (bicyclic) bond motifs is 1. The van der Waals surface area contributed by atoms with Crippen molar-refractivity contribution in [3.05, 3.63) is 94.8 Å². The molecule has 0 atom stereocenters. The number of nitrogens with zero attached hydrogens (tertiary/aromatic N) is 5. The Labute approximate surface area is 275 Å². The summed E-state index contributed by atoms with van der Waals surface area (Å²) in [6, 6.07) is 14.7. The van der Waals surface area contributed by atoms with Crippen molar-refractivity contribution in [2.24, 2.45) is 0 Å². The topological polar surface area (TPSA) is 113 Å². The summed E-state index contributed by atoms with van der Waals surface area (Å²) in [6.45, 7) is 5.55. The van der Waals surface area contributed by atoms with Crippen molar-refractivity contribution in [3.63, 3.8) is 0 Å². The summed E-state index contributed by atoms with van der Waals surface area (Å²) in [5.41, 5.74) is -0.0934. The van der Waals surface area contributed by atoms with Gasteiger partial charge in [-0.05, 0) is 75.7 Å². The molecule has 1 saturated heterocycles. The highest BCUT2D eigenvalue weighted by Crippen LogP contribution is 2.38. The molecule has 1 aliphatic heterocycles. The molecule has 2 aromatic heterocycles. The highest BCUT2D eigenvalue weighted by atomic mass is 19.1. The molecule has 11 nitrogen and oxygen atoms in total. The van der Waals surface area contributed by atoms with Gasteiger partial charge in [0, 0.05) is 42.5 Å². The number of halogens is 2. The molecule has 5 aromatic rings. The molecule has 6 rings (SSSR count). The average molecular weight is 659 g/mol. The summed E-state index contributed by atoms with van der Waals surface area (Å²) < 4.78 is 49.2. The van der Waals surface area contributed by atoms with Gasteiger partial charge in [0.05, 0.1) is 19.2 Å². The summed E-state index contributed by atoms with van der Waals surface area (Å²) >= 11 is 0. The van der Waals surface area contributed by atoms with E-state index >= 15 is 4.39 Å². The molecule has 0 aliphatic carbocycles. The molecule has 3 heterocycles. The van der Waals surface area contributed by atoms with E-state index in [0.717, 1.165) is 41.4 Å². The zero-order valence-corrected chi connectivity index (χ0v) is 26.7. The number of carbonyl (C=O) groups excluding carboxylic acids is 1. The number of rotatable bonds is 12. The number of pyridine rings is 1. The number of aromatic nitrogens is 4. The quantitative estimate of drug-likeness (QED) is 0.158. The van der Waals surface area contributed by atoms with Crippen molar-refractivity contribution in [2.45, 2.75) is 39.2 Å². The number of ether oxygens (including phenoxy) is 3. The fourth-order valence-corrected chi connectivity index (χ4v) is 5.74. The number of anilines is 1. The van der Waals surface area contributed by atoms with Crippen LogP contribution >= 0.6 is 0 Å². The Balaban J connectivity index is 1.16. The van der Waals surface area contributed by atoms with Crippen LogP contribution in [0.25, 0.3) is 16.6 Å². The summed E-state index contributed by atoms with van der Waals surface area (Å²) in [4.78, 5) is 32.9. The van der Waals surface area contributed by atoms with E-state index in [1.54, 1.807) is 44.5 Å². The number of hydrogen-bond acceptors (Lipinski definition) is 8. The Bertz CT molecular complexity index is 1990. The van der Waals surface area contributed by atoms with Gasteiger partial charge in [0.2, 0.25) is 5.82 Å². The predicted molar refractivity (Wildman–Crippen MR) is 177 cm³/mol. The van der Waals surface area contributed by atoms with E-state index in [4.69, 9.17) is 14.2 Å². The first-order valence-corrected chi connectivity index (χ1v) is 15.9. The molecule has 250 valence electrons. The van der Waals surface area contributed by atoms with Gasteiger partial charge in [-0.1, -0.05) is 18.6 Å². The van der Waals surface area contributed by atoms with Crippen molar-refractivity contribution in [1.82, 2.24) is 24.2 Å². The molecule has 1 amide bonds. The lowest BCUT2D eigenvalue weighted by Crippen LogP contribution is -2.31. The molecule has 48 heavy (non-hydrogen) atoms. The zero-order chi connectivity index (χ0) is 33.6. The highest BCUT2D eigenvalue weighted by Gasteiger charge is 2.22. The number of amides is 1. The SMILES string of the molecule is CCn1c(C(=O)Nc2ccc(Oc3ccnc4cc(OCCCN5CCCCC5)c(OC)cc34)c(F)c2)nn(-c2ccccc2F)c1=O. The Hall–Kier alpha value is -5.30. The predicted octanol–water partition coefficient (Wildman–Crippen LogP) is 6.19. The Morgan fingerprint density at radius 1 is 0.938 bits per heavy atom. The molecule has 1 N–H and O–H groups in total. The molecular weight excluding hydrogens is 622 g/mol. The molecular formula is C35H36F2N6O5. The highest BCUT2D eigenvalue weighted by molar-refractivity contribution is 6.01. The van der Waals surface area contributed by atoms with E-state index < -0.39 is 23.2 Å². The second-order valence-corrected chi connectivity index (χ2v) is 11.3. The van der Waals surface area contributed by atoms with Crippen LogP contribution in [0.15, 0.2) is 71.7 Å². The maximum Gasteiger partial charge on any atom is 0.351 e. The second-order valence-electron chi connectivity index (χ2n) is 11.3. The van der Waals surface area contributed by atoms with Crippen LogP contribution in [0.5, 0.6) is 23.0 Å². The van der Waals surface area contributed by atoms with Gasteiger partial charge in [0.1, 0.15) is 17.3 Å². The lowest BCUT2D eigenvalue weighted by molar-refractivity contribution is 0.101. The largest absolute Gasteiger partial charge is 0.493 e. The van der Waals surface area contributed by atoms with E-state index in [1.165, 1.54) is 49.6 Å². The van der Waals surface area contributed by atoms with Crippen molar-refractivity contribution in [3.8, 4) is 28.7 Å². The van der Waals surface area contributed by atoms with Crippen LogP contribution in [0.1, 0.15) is 43.2 Å². The second kappa shape index (κ2) is 14.6. The minimum Gasteiger partial charge on any atom is -0.493 e. The molecule has 0 spiro atoms. The van der Waals surface area contributed by atoms with E-state index in [1.807, 2.05) is 0 Å². The molecule has 3 aromatic carbocycles. The molecule has 0 saturated carbocycles. The lowest BCUT2D eigenvalue weighted by Gasteiger charge is -2.26. The van der Waals surface area contributed by atoms with Crippen LogP contribution < -0.4 is 25.2 Å². The van der Waals surface area contributed by atoms with E-state index in [-0.39, 0.29) is 29.5 Å². The van der Waals surface area contributed by atoms with Crippen molar-refractivity contribution >= 4 is 22.5 Å². The van der Waals surface area contributed by atoms with E-state index in [9.17, 15) is 14.0 Å². The van der Waals surface area contributed by atoms with Crippen LogP contribution in [-0.2, 0) is 6.54 Å². The van der Waals surface area contributed by atoms with Gasteiger partial charge in [-0.25, -0.2) is 13.6 Å². The van der Waals surface area contributed by atoms with Crippen molar-refractivity contribution in [1.29, 1.82) is 0 Å². The van der Waals surface area contributed by atoms with Crippen molar-refractivity contribution < 1.29 is 27.8 Å². The number of nitrogens with one attached hydrogen (secondary N) is 1. The van der Waals surface area contributed by atoms with Crippen LogP contribution in [0.2, 0.25) is 0 Å². The molecule has 0 bridgehead atoms. The Morgan fingerprint density at radius 2 is 1.75 bits per heavy atom. The summed E-state index contributed by atoms with van der Waals surface area (Å²) in [5.74, 6) is -1.13. The maximum absolute atomic E-state index is 15.3. The smallest absolute Gasteiger partial charge is 0.351 e. The van der Waals surface area contributed by atoms with Gasteiger partial charge in [-0.3, -0.25) is 14.3 Å². The average Bonchev–Trinajstić information content (AvgIpc) is 3.44. The van der Waals surface area contributed by atoms with Gasteiger partial charge in [0.25, 0.3) is 5.91 Å². The number of benzene rings is 3. The number of carbonyl (C=O) groups is 1.